The molecule has 0 aromatic heterocycles. The van der Waals surface area contributed by atoms with Gasteiger partial charge < -0.3 is 15.5 Å². The van der Waals surface area contributed by atoms with E-state index in [4.69, 9.17) is 17.3 Å². The van der Waals surface area contributed by atoms with Crippen LogP contribution >= 0.6 is 35.1 Å². The van der Waals surface area contributed by atoms with E-state index in [1.54, 1.807) is 0 Å². The van der Waals surface area contributed by atoms with E-state index in [9.17, 15) is 4.79 Å². The van der Waals surface area contributed by atoms with Crippen molar-refractivity contribution in [1.82, 2.24) is 14.7 Å². The predicted octanol–water partition coefficient (Wildman–Crippen LogP) is 5.44. The van der Waals surface area contributed by atoms with Crippen molar-refractivity contribution in [2.75, 3.05) is 58.6 Å². The predicted molar refractivity (Wildman–Crippen MR) is 168 cm³/mol. The Bertz CT molecular complexity index is 1120. The van der Waals surface area contributed by atoms with Crippen molar-refractivity contribution >= 4 is 41.0 Å². The molecule has 0 saturated carbocycles. The van der Waals surface area contributed by atoms with Gasteiger partial charge in [0.15, 0.2) is 0 Å². The number of benzene rings is 2. The zero-order valence-electron chi connectivity index (χ0n) is 22.9. The third-order valence-electron chi connectivity index (χ3n) is 8.60. The molecule has 8 heteroatoms. The van der Waals surface area contributed by atoms with Crippen LogP contribution in [0.15, 0.2) is 60.0 Å². The number of carbonyl (C=O) groups is 1. The van der Waals surface area contributed by atoms with Gasteiger partial charge in [-0.25, -0.2) is 0 Å². The van der Waals surface area contributed by atoms with Crippen molar-refractivity contribution in [3.05, 3.63) is 70.6 Å². The topological polar surface area (TPSA) is 52.8 Å². The Morgan fingerprint density at radius 1 is 1.08 bits per heavy atom. The molecule has 3 aliphatic heterocycles. The molecule has 1 amide bonds. The van der Waals surface area contributed by atoms with E-state index >= 15 is 0 Å². The van der Waals surface area contributed by atoms with Crippen molar-refractivity contribution in [3.8, 4) is 11.1 Å². The van der Waals surface area contributed by atoms with Gasteiger partial charge in [0.05, 0.1) is 10.1 Å². The maximum absolute atomic E-state index is 13.3. The number of hydrogen-bond donors (Lipinski definition) is 1. The second-order valence-corrected chi connectivity index (χ2v) is 14.2. The fraction of sp³-hybridized carbons (Fsp3) is 0.516. The number of nitrogens with two attached hydrogens (primary N) is 1. The first-order valence-corrected chi connectivity index (χ1v) is 16.7. The molecule has 0 bridgehead atoms. The number of amides is 1. The summed E-state index contributed by atoms with van der Waals surface area (Å²) in [6.45, 7) is 7.49. The molecule has 2 fully saturated rings. The van der Waals surface area contributed by atoms with Crippen LogP contribution in [0, 0.1) is 5.92 Å². The molecule has 2 aromatic rings. The highest BCUT2D eigenvalue weighted by molar-refractivity contribution is 8.19. The second kappa shape index (κ2) is 13.5. The summed E-state index contributed by atoms with van der Waals surface area (Å²) in [7, 11) is 0. The number of allylic oxidation sites excluding steroid dienone is 1. The van der Waals surface area contributed by atoms with Crippen molar-refractivity contribution in [1.29, 1.82) is 0 Å². The number of thioether (sulfide) groups is 2. The Kier molecular flexibility index (Phi) is 10.0. The number of likely N-dealkylation sites (tertiary alicyclic amines) is 1. The Morgan fingerprint density at radius 3 is 2.49 bits per heavy atom. The maximum atomic E-state index is 13.3. The molecule has 0 spiro atoms. The number of hydrogen-bond acceptors (Lipinski definition) is 6. The van der Waals surface area contributed by atoms with E-state index < -0.39 is 0 Å². The average molecular weight is 585 g/mol. The lowest BCUT2D eigenvalue weighted by Crippen LogP contribution is -2.57. The molecule has 3 aliphatic rings. The SMILES string of the molecule is CSC1(CN2CCN(C(=O)[C@H](N)C3CCN(CCc4cc(Cl)ccc4-c4ccccc4)CC3)CC2)CC=CS1. The molecule has 2 aromatic carbocycles. The van der Waals surface area contributed by atoms with E-state index in [0.717, 1.165) is 83.1 Å². The van der Waals surface area contributed by atoms with Gasteiger partial charge in [0.25, 0.3) is 0 Å². The van der Waals surface area contributed by atoms with Crippen molar-refractivity contribution in [2.24, 2.45) is 11.7 Å². The van der Waals surface area contributed by atoms with E-state index in [2.05, 4.69) is 63.9 Å². The molecule has 1 unspecified atom stereocenters. The van der Waals surface area contributed by atoms with Gasteiger partial charge in [0.2, 0.25) is 5.91 Å². The summed E-state index contributed by atoms with van der Waals surface area (Å²) in [4.78, 5) is 20.4. The van der Waals surface area contributed by atoms with Gasteiger partial charge in [0.1, 0.15) is 0 Å². The molecule has 210 valence electrons. The molecule has 5 nitrogen and oxygen atoms in total. The van der Waals surface area contributed by atoms with Crippen molar-refractivity contribution in [2.45, 2.75) is 35.8 Å². The lowest BCUT2D eigenvalue weighted by molar-refractivity contribution is -0.136. The highest BCUT2D eigenvalue weighted by Crippen LogP contribution is 2.45. The number of halogens is 1. The second-order valence-electron chi connectivity index (χ2n) is 11.0. The normalized spacial score (nSPS) is 23.8. The molecule has 2 N–H and O–H groups in total. The molecule has 2 atom stereocenters. The third kappa shape index (κ3) is 7.24. The number of rotatable bonds is 9. The summed E-state index contributed by atoms with van der Waals surface area (Å²) in [6, 6.07) is 16.4. The van der Waals surface area contributed by atoms with Crippen LogP contribution in [-0.2, 0) is 11.2 Å². The largest absolute Gasteiger partial charge is 0.339 e. The third-order valence-corrected chi connectivity index (χ3v) is 11.7. The van der Waals surface area contributed by atoms with E-state index in [-0.39, 0.29) is 21.9 Å². The van der Waals surface area contributed by atoms with Gasteiger partial charge in [-0.15, -0.1) is 23.5 Å². The lowest BCUT2D eigenvalue weighted by atomic mass is 9.88. The van der Waals surface area contributed by atoms with Gasteiger partial charge in [-0.3, -0.25) is 9.69 Å². The first-order valence-electron chi connectivity index (χ1n) is 14.2. The fourth-order valence-corrected chi connectivity index (χ4v) is 8.32. The summed E-state index contributed by atoms with van der Waals surface area (Å²) < 4.78 is 0.242. The summed E-state index contributed by atoms with van der Waals surface area (Å²) in [5.74, 6) is 0.412. The van der Waals surface area contributed by atoms with Gasteiger partial charge in [-0.05, 0) is 85.2 Å². The van der Waals surface area contributed by atoms with Crippen LogP contribution in [-0.4, -0.2) is 89.3 Å². The minimum Gasteiger partial charge on any atom is -0.339 e. The highest BCUT2D eigenvalue weighted by atomic mass is 35.5. The Hall–Kier alpha value is -1.48. The quantitative estimate of drug-likeness (QED) is 0.423. The van der Waals surface area contributed by atoms with Crippen molar-refractivity contribution < 1.29 is 4.79 Å². The van der Waals surface area contributed by atoms with Gasteiger partial charge >= 0.3 is 0 Å². The van der Waals surface area contributed by atoms with E-state index in [1.165, 1.54) is 16.7 Å². The standard InChI is InChI=1S/C31H41ClN4OS2/c1-38-31(13-5-21-39-31)23-35-17-19-36(20-18-35)30(37)29(33)25-10-14-34(15-11-25)16-12-26-22-27(32)8-9-28(26)24-6-3-2-4-7-24/h2-9,21-22,25,29H,10-20,23,33H2,1H3/t29-,31?/m1/s1. The first kappa shape index (κ1) is 29.0. The molecule has 5 rings (SSSR count). The van der Waals surface area contributed by atoms with Crippen LogP contribution in [0.3, 0.4) is 0 Å². The average Bonchev–Trinajstić information content (AvgIpc) is 3.45. The van der Waals surface area contributed by atoms with Crippen LogP contribution in [0.5, 0.6) is 0 Å². The molecule has 0 aliphatic carbocycles. The molecule has 0 radical (unpaired) electrons. The molecule has 2 saturated heterocycles. The van der Waals surface area contributed by atoms with Crippen LogP contribution < -0.4 is 5.73 Å². The minimum absolute atomic E-state index is 0.149. The van der Waals surface area contributed by atoms with Gasteiger partial charge in [-0.2, -0.15) is 0 Å². The zero-order chi connectivity index (χ0) is 27.2. The summed E-state index contributed by atoms with van der Waals surface area (Å²) in [5.41, 5.74) is 10.4. The lowest BCUT2D eigenvalue weighted by Gasteiger charge is -2.41. The number of carbonyl (C=O) groups excluding carboxylic acids is 1. The van der Waals surface area contributed by atoms with Crippen molar-refractivity contribution in [3.63, 3.8) is 0 Å². The summed E-state index contributed by atoms with van der Waals surface area (Å²) in [6.07, 6.45) is 8.53. The first-order chi connectivity index (χ1) is 19.0. The van der Waals surface area contributed by atoms with E-state index in [1.807, 2.05) is 40.6 Å². The Labute approximate surface area is 247 Å². The number of piperazine rings is 1. The monoisotopic (exact) mass is 584 g/mol. The molecule has 3 heterocycles. The Morgan fingerprint density at radius 2 is 1.82 bits per heavy atom. The number of nitrogens with zero attached hydrogens (tertiary/aromatic N) is 3. The molecule has 39 heavy (non-hydrogen) atoms. The summed E-state index contributed by atoms with van der Waals surface area (Å²) in [5, 5.41) is 3.02. The van der Waals surface area contributed by atoms with Crippen LogP contribution in [0.2, 0.25) is 5.02 Å². The molecular weight excluding hydrogens is 544 g/mol. The zero-order valence-corrected chi connectivity index (χ0v) is 25.3. The van der Waals surface area contributed by atoms with Gasteiger partial charge in [0, 0.05) is 44.3 Å². The highest BCUT2D eigenvalue weighted by Gasteiger charge is 2.36. The summed E-state index contributed by atoms with van der Waals surface area (Å²) >= 11 is 10.3. The van der Waals surface area contributed by atoms with Gasteiger partial charge in [-0.1, -0.05) is 54.1 Å². The minimum atomic E-state index is -0.386. The number of piperidine rings is 1. The smallest absolute Gasteiger partial charge is 0.239 e. The maximum Gasteiger partial charge on any atom is 0.239 e. The van der Waals surface area contributed by atoms with E-state index in [0.29, 0.717) is 0 Å². The van der Waals surface area contributed by atoms with Crippen LogP contribution in [0.1, 0.15) is 24.8 Å². The Balaban J connectivity index is 1.07. The van der Waals surface area contributed by atoms with Crippen LogP contribution in [0.25, 0.3) is 11.1 Å². The van der Waals surface area contributed by atoms with Crippen LogP contribution in [0.4, 0.5) is 0 Å². The molecular formula is C31H41ClN4OS2. The fourth-order valence-electron chi connectivity index (χ4n) is 6.11.